The standard InChI is InChI=1S/C30H41NO5.2C28H35NO3/c1-28-18-23(20-4-6-21(7-5-20)34-15-14-31(2)3)27-22(24(28)8-9-26(28)32)10-12-29(33)19-30(13-11-25(27)29)35-16-17-36-30;2*1-28-17-24(18-4-8-21(9-5-18)32-15-14-29(2)3)27-22-11-7-20(30)16-19(22)6-10-23(27)25(28)12-13-26(28)31/h4-7,22-24,33H,8-19H2,1-3H3;4-5,8-9,23,25H,6-7,10-17H2,1-3H3;4-5,8-9,16,23-25H,6-7,10-15,17H2,1-3H3/t22?,23-,24?,28-,29-;23?,25?,28-;23?,24-,25?,28-/m000/s1. The molecule has 3 aromatic carbocycles. The van der Waals surface area contributed by atoms with Crippen molar-refractivity contribution in [3.63, 3.8) is 0 Å². The molecule has 0 radical (unpaired) electrons. The molecule has 0 amide bonds. The Balaban J connectivity index is 0.000000128. The van der Waals surface area contributed by atoms with E-state index in [-0.39, 0.29) is 33.9 Å². The largest absolute Gasteiger partial charge is 0.492 e. The first kappa shape index (κ1) is 70.9. The number of rotatable bonds is 15. The highest BCUT2D eigenvalue weighted by Crippen LogP contribution is 2.67. The van der Waals surface area contributed by atoms with E-state index >= 15 is 0 Å². The van der Waals surface area contributed by atoms with Crippen LogP contribution in [0.5, 0.6) is 17.2 Å². The van der Waals surface area contributed by atoms with Crippen molar-refractivity contribution in [3.05, 3.63) is 140 Å². The highest BCUT2D eigenvalue weighted by molar-refractivity contribution is 5.94. The quantitative estimate of drug-likeness (QED) is 0.143. The number of allylic oxidation sites excluding steroid dienone is 9. The molecule has 12 aliphatic carbocycles. The topological polar surface area (TPSA) is 161 Å². The van der Waals surface area contributed by atoms with Gasteiger partial charge in [-0.1, -0.05) is 73.9 Å². The maximum atomic E-state index is 13.2. The van der Waals surface area contributed by atoms with E-state index in [4.69, 9.17) is 23.7 Å². The van der Waals surface area contributed by atoms with Gasteiger partial charge in [0.2, 0.25) is 0 Å². The van der Waals surface area contributed by atoms with Crippen molar-refractivity contribution < 1.29 is 52.8 Å². The Morgan fingerprint density at radius 3 is 1.53 bits per heavy atom. The van der Waals surface area contributed by atoms with Gasteiger partial charge < -0.3 is 43.5 Å². The average molecular weight is 1360 g/mol. The van der Waals surface area contributed by atoms with Gasteiger partial charge in [-0.2, -0.15) is 0 Å². The normalized spacial score (nSPS) is 33.2. The van der Waals surface area contributed by atoms with Gasteiger partial charge in [0.05, 0.1) is 18.8 Å². The molecule has 3 aromatic rings. The maximum Gasteiger partial charge on any atom is 0.171 e. The third kappa shape index (κ3) is 13.5. The van der Waals surface area contributed by atoms with Crippen molar-refractivity contribution in [2.45, 2.75) is 192 Å². The van der Waals surface area contributed by atoms with Crippen LogP contribution in [0.15, 0.2) is 123 Å². The first-order chi connectivity index (χ1) is 48.0. The molecule has 13 aliphatic rings. The van der Waals surface area contributed by atoms with Crippen LogP contribution in [0.25, 0.3) is 5.57 Å². The van der Waals surface area contributed by atoms with Crippen LogP contribution in [0.3, 0.4) is 0 Å². The van der Waals surface area contributed by atoms with Gasteiger partial charge in [0.1, 0.15) is 60.2 Å². The van der Waals surface area contributed by atoms with Crippen molar-refractivity contribution in [3.8, 4) is 17.2 Å². The van der Waals surface area contributed by atoms with Gasteiger partial charge in [0.25, 0.3) is 0 Å². The van der Waals surface area contributed by atoms with Crippen LogP contribution in [0.4, 0.5) is 0 Å². The Morgan fingerprint density at radius 2 is 0.980 bits per heavy atom. The van der Waals surface area contributed by atoms with Gasteiger partial charge in [-0.3, -0.25) is 24.0 Å². The second-order valence-electron chi connectivity index (χ2n) is 33.7. The number of carbonyl (C=O) groups excluding carboxylic acids is 5. The fourth-order valence-corrected chi connectivity index (χ4v) is 21.8. The number of ether oxygens (including phenoxy) is 5. The van der Waals surface area contributed by atoms with Gasteiger partial charge in [-0.25, -0.2) is 0 Å². The number of nitrogens with zero attached hydrogens (tertiary/aromatic N) is 3. The van der Waals surface area contributed by atoms with Crippen LogP contribution in [0.2, 0.25) is 0 Å². The van der Waals surface area contributed by atoms with E-state index in [1.165, 1.54) is 61.3 Å². The molecular weight excluding hydrogens is 1250 g/mol. The third-order valence-corrected chi connectivity index (χ3v) is 27.0. The predicted octanol–water partition coefficient (Wildman–Crippen LogP) is 14.8. The summed E-state index contributed by atoms with van der Waals surface area (Å²) >= 11 is 0. The van der Waals surface area contributed by atoms with Crippen molar-refractivity contribution >= 4 is 34.5 Å². The minimum Gasteiger partial charge on any atom is -0.492 e. The van der Waals surface area contributed by atoms with Crippen LogP contribution in [0.1, 0.15) is 197 Å². The lowest BCUT2D eigenvalue weighted by Gasteiger charge is -2.55. The lowest BCUT2D eigenvalue weighted by atomic mass is 9.51. The lowest BCUT2D eigenvalue weighted by Crippen LogP contribution is -2.53. The smallest absolute Gasteiger partial charge is 0.171 e. The molecule has 1 spiro atoms. The molecule has 14 nitrogen and oxygen atoms in total. The molecule has 536 valence electrons. The van der Waals surface area contributed by atoms with Gasteiger partial charge >= 0.3 is 0 Å². The fourth-order valence-electron chi connectivity index (χ4n) is 21.8. The number of hydrogen-bond donors (Lipinski definition) is 1. The molecule has 6 saturated carbocycles. The Hall–Kier alpha value is -6.13. The molecule has 1 aliphatic heterocycles. The molecule has 7 fully saturated rings. The molecule has 0 aromatic heterocycles. The molecule has 1 N–H and O–H groups in total. The summed E-state index contributed by atoms with van der Waals surface area (Å²) in [5.74, 6) is 7.04. The van der Waals surface area contributed by atoms with E-state index < -0.39 is 11.4 Å². The first-order valence-electron chi connectivity index (χ1n) is 38.4. The van der Waals surface area contributed by atoms with Gasteiger partial charge in [0.15, 0.2) is 11.6 Å². The van der Waals surface area contributed by atoms with E-state index in [2.05, 4.69) is 108 Å². The molecule has 12 atom stereocenters. The second kappa shape index (κ2) is 28.5. The average Bonchev–Trinajstić information content (AvgIpc) is 1.32. The molecule has 6 unspecified atom stereocenters. The van der Waals surface area contributed by atoms with Crippen LogP contribution in [-0.4, -0.2) is 155 Å². The zero-order chi connectivity index (χ0) is 70.0. The van der Waals surface area contributed by atoms with E-state index in [0.29, 0.717) is 124 Å². The Bertz CT molecular complexity index is 3810. The lowest BCUT2D eigenvalue weighted by molar-refractivity contribution is -0.208. The zero-order valence-corrected chi connectivity index (χ0v) is 61.4. The monoisotopic (exact) mass is 1360 g/mol. The molecular formula is C86H111N3O11. The minimum atomic E-state index is -0.877. The third-order valence-electron chi connectivity index (χ3n) is 27.0. The van der Waals surface area contributed by atoms with Crippen molar-refractivity contribution in [2.24, 2.45) is 51.8 Å². The Kier molecular flexibility index (Phi) is 20.2. The zero-order valence-electron chi connectivity index (χ0n) is 61.4. The number of aliphatic hydroxyl groups is 1. The van der Waals surface area contributed by atoms with Crippen molar-refractivity contribution in [2.75, 3.05) is 95.0 Å². The molecule has 16 rings (SSSR count). The number of hydrogen-bond acceptors (Lipinski definition) is 14. The summed E-state index contributed by atoms with van der Waals surface area (Å²) < 4.78 is 29.9. The summed E-state index contributed by atoms with van der Waals surface area (Å²) in [5.41, 5.74) is 14.7. The van der Waals surface area contributed by atoms with Gasteiger partial charge in [-0.15, -0.1) is 0 Å². The van der Waals surface area contributed by atoms with E-state index in [1.54, 1.807) is 5.57 Å². The van der Waals surface area contributed by atoms with Crippen LogP contribution < -0.4 is 14.2 Å². The van der Waals surface area contributed by atoms with Crippen LogP contribution >= 0.6 is 0 Å². The SMILES string of the molecule is CN(C)CCOc1ccc(C2=C3C4=C(CCC3C3CCC(=O)[C@@]3(C)C2)CC(=O)CC4)cc1.CN(C)CCOc1ccc([C@@H]2C[C@]3(C)C(=O)CCC3C3CCC4=CC(=O)CCC4=C32)cc1.CN(C)CCOc1ccc([C@@H]2C[C@]3(C)C(=O)CCC3C3CC[C@]4(O)CC5(CCC4=C32)OCCO5)cc1. The number of benzene rings is 3. The van der Waals surface area contributed by atoms with E-state index in [1.807, 2.05) is 48.4 Å². The van der Waals surface area contributed by atoms with E-state index in [0.717, 1.165) is 152 Å². The number of ketones is 5. The molecule has 14 heteroatoms. The summed E-state index contributed by atoms with van der Waals surface area (Å²) in [7, 11) is 12.3. The summed E-state index contributed by atoms with van der Waals surface area (Å²) in [4.78, 5) is 69.9. The summed E-state index contributed by atoms with van der Waals surface area (Å²) in [6.07, 6.45) is 21.3. The summed E-state index contributed by atoms with van der Waals surface area (Å²) in [6.45, 7) is 12.5. The van der Waals surface area contributed by atoms with Crippen molar-refractivity contribution in [1.29, 1.82) is 0 Å². The molecule has 100 heavy (non-hydrogen) atoms. The van der Waals surface area contributed by atoms with Crippen molar-refractivity contribution in [1.82, 2.24) is 14.7 Å². The number of Topliss-reactive ketones (excluding diaryl/α,β-unsaturated/α-hetero) is 4. The highest BCUT2D eigenvalue weighted by Gasteiger charge is 2.62. The number of fused-ring (bicyclic) bond motifs is 12. The minimum absolute atomic E-state index is 0.149. The van der Waals surface area contributed by atoms with E-state index in [9.17, 15) is 29.1 Å². The Morgan fingerprint density at radius 1 is 0.490 bits per heavy atom. The summed E-state index contributed by atoms with van der Waals surface area (Å²) in [6, 6.07) is 25.6. The second-order valence-corrected chi connectivity index (χ2v) is 33.7. The maximum absolute atomic E-state index is 13.2. The molecule has 1 saturated heterocycles. The van der Waals surface area contributed by atoms with Gasteiger partial charge in [0, 0.05) is 99.1 Å². The van der Waals surface area contributed by atoms with Crippen LogP contribution in [-0.2, 0) is 33.4 Å². The predicted molar refractivity (Wildman–Crippen MR) is 389 cm³/mol. The Labute approximate surface area is 594 Å². The fraction of sp³-hybridized carbons (Fsp3) is 0.616. The molecule has 0 bridgehead atoms. The van der Waals surface area contributed by atoms with Crippen LogP contribution in [0, 0.1) is 51.8 Å². The number of likely N-dealkylation sites (N-methyl/N-ethyl adjacent to an activating group) is 3. The first-order valence-corrected chi connectivity index (χ1v) is 38.4. The number of carbonyl (C=O) groups is 5. The van der Waals surface area contributed by atoms with Gasteiger partial charge in [-0.05, 0) is 267 Å². The summed E-state index contributed by atoms with van der Waals surface area (Å²) in [5, 5.41) is 12.1. The highest BCUT2D eigenvalue weighted by atomic mass is 16.7. The molecule has 1 heterocycles.